The Morgan fingerprint density at radius 3 is 1.94 bits per heavy atom. The molecule has 0 aliphatic carbocycles. The van der Waals surface area contributed by atoms with Gasteiger partial charge in [0.1, 0.15) is 18.1 Å². The molecular weight excluding hydrogens is 438 g/mol. The van der Waals surface area contributed by atoms with Crippen molar-refractivity contribution in [2.24, 2.45) is 23.3 Å². The van der Waals surface area contributed by atoms with Crippen LogP contribution in [0.25, 0.3) is 0 Å². The molecule has 0 fully saturated rings. The number of carboxylic acid groups (broad SMARTS) is 1. The van der Waals surface area contributed by atoms with Crippen molar-refractivity contribution in [3.8, 4) is 0 Å². The zero-order valence-electron chi connectivity index (χ0n) is 19.3. The molecule has 0 aliphatic rings. The van der Waals surface area contributed by atoms with Crippen molar-refractivity contribution >= 4 is 41.4 Å². The van der Waals surface area contributed by atoms with E-state index in [1.807, 2.05) is 13.2 Å². The lowest BCUT2D eigenvalue weighted by Gasteiger charge is -2.28. The van der Waals surface area contributed by atoms with Crippen molar-refractivity contribution < 1.29 is 29.1 Å². The number of carbonyl (C=O) groups excluding carboxylic acids is 4. The topological polar surface area (TPSA) is 194 Å². The molecule has 0 radical (unpaired) electrons. The van der Waals surface area contributed by atoms with Gasteiger partial charge in [-0.2, -0.15) is 11.8 Å². The molecule has 0 rings (SSSR count). The highest BCUT2D eigenvalue weighted by atomic mass is 32.2. The number of carboxylic acids is 1. The summed E-state index contributed by atoms with van der Waals surface area (Å²) in [5.41, 5.74) is 10.9. The van der Waals surface area contributed by atoms with Crippen LogP contribution in [0.3, 0.4) is 0 Å². The van der Waals surface area contributed by atoms with E-state index in [2.05, 4.69) is 16.0 Å². The van der Waals surface area contributed by atoms with Crippen molar-refractivity contribution in [2.75, 3.05) is 12.0 Å². The number of amides is 4. The van der Waals surface area contributed by atoms with Gasteiger partial charge in [0.2, 0.25) is 23.6 Å². The molecular formula is C20H37N5O6S. The molecule has 0 saturated carbocycles. The van der Waals surface area contributed by atoms with Crippen molar-refractivity contribution in [1.29, 1.82) is 0 Å². The first-order valence-corrected chi connectivity index (χ1v) is 11.9. The van der Waals surface area contributed by atoms with Gasteiger partial charge in [0.05, 0.1) is 12.5 Å². The van der Waals surface area contributed by atoms with E-state index in [1.165, 1.54) is 11.8 Å². The van der Waals surface area contributed by atoms with E-state index in [0.717, 1.165) is 0 Å². The fourth-order valence-electron chi connectivity index (χ4n) is 2.69. The highest BCUT2D eigenvalue weighted by Gasteiger charge is 2.33. The van der Waals surface area contributed by atoms with Gasteiger partial charge in [-0.1, -0.05) is 34.1 Å². The molecule has 184 valence electrons. The number of thioether (sulfide) groups is 1. The quantitative estimate of drug-likeness (QED) is 0.177. The Hall–Kier alpha value is -2.34. The number of nitrogens with one attached hydrogen (secondary N) is 3. The van der Waals surface area contributed by atoms with E-state index in [9.17, 15) is 29.1 Å². The van der Waals surface area contributed by atoms with Crippen LogP contribution in [-0.2, 0) is 24.0 Å². The van der Waals surface area contributed by atoms with Gasteiger partial charge < -0.3 is 32.5 Å². The SMILES string of the molecule is CCC(C)C(NC(=O)C(CCSC)NC(=O)C(N)C(C)C)C(=O)NC(CC(N)=O)C(=O)O. The molecule has 0 saturated heterocycles. The van der Waals surface area contributed by atoms with Gasteiger partial charge in [-0.15, -0.1) is 0 Å². The van der Waals surface area contributed by atoms with Crippen LogP contribution in [0.1, 0.15) is 47.0 Å². The summed E-state index contributed by atoms with van der Waals surface area (Å²) in [5, 5.41) is 16.8. The number of carbonyl (C=O) groups is 5. The first-order valence-electron chi connectivity index (χ1n) is 10.5. The number of hydrogen-bond acceptors (Lipinski definition) is 7. The second-order valence-corrected chi connectivity index (χ2v) is 9.04. The van der Waals surface area contributed by atoms with Crippen LogP contribution >= 0.6 is 11.8 Å². The first-order chi connectivity index (χ1) is 14.8. The molecule has 0 aliphatic heterocycles. The molecule has 4 amide bonds. The molecule has 5 unspecified atom stereocenters. The number of primary amides is 1. The minimum atomic E-state index is -1.51. The van der Waals surface area contributed by atoms with Crippen LogP contribution in [0.5, 0.6) is 0 Å². The summed E-state index contributed by atoms with van der Waals surface area (Å²) in [6.07, 6.45) is 2.10. The minimum Gasteiger partial charge on any atom is -0.480 e. The van der Waals surface area contributed by atoms with Crippen molar-refractivity contribution in [2.45, 2.75) is 71.1 Å². The maximum atomic E-state index is 13.0. The zero-order chi connectivity index (χ0) is 25.0. The van der Waals surface area contributed by atoms with Gasteiger partial charge in [-0.25, -0.2) is 4.79 Å². The smallest absolute Gasteiger partial charge is 0.326 e. The van der Waals surface area contributed by atoms with E-state index >= 15 is 0 Å². The van der Waals surface area contributed by atoms with Crippen LogP contribution in [0.15, 0.2) is 0 Å². The Labute approximate surface area is 193 Å². The normalized spacial score (nSPS) is 15.7. The van der Waals surface area contributed by atoms with Gasteiger partial charge in [0, 0.05) is 0 Å². The molecule has 11 nitrogen and oxygen atoms in total. The summed E-state index contributed by atoms with van der Waals surface area (Å²) < 4.78 is 0. The fraction of sp³-hybridized carbons (Fsp3) is 0.750. The zero-order valence-corrected chi connectivity index (χ0v) is 20.2. The third-order valence-corrected chi connectivity index (χ3v) is 5.72. The highest BCUT2D eigenvalue weighted by Crippen LogP contribution is 2.11. The summed E-state index contributed by atoms with van der Waals surface area (Å²) in [4.78, 5) is 60.6. The molecule has 8 N–H and O–H groups in total. The van der Waals surface area contributed by atoms with Gasteiger partial charge in [-0.05, 0) is 30.3 Å². The Morgan fingerprint density at radius 2 is 1.50 bits per heavy atom. The number of aliphatic carboxylic acids is 1. The highest BCUT2D eigenvalue weighted by molar-refractivity contribution is 7.98. The largest absolute Gasteiger partial charge is 0.480 e. The van der Waals surface area contributed by atoms with Gasteiger partial charge >= 0.3 is 5.97 Å². The third-order valence-electron chi connectivity index (χ3n) is 5.08. The molecule has 0 bridgehead atoms. The standard InChI is InChI=1S/C20H37N5O6S/c1-6-11(4)16(19(29)24-13(20(30)31)9-14(21)26)25-17(27)12(7-8-32-5)23-18(28)15(22)10(2)3/h10-13,15-16H,6-9,22H2,1-5H3,(H2,21,26)(H,23,28)(H,24,29)(H,25,27)(H,30,31). The average Bonchev–Trinajstić information content (AvgIpc) is 2.72. The minimum absolute atomic E-state index is 0.129. The molecule has 32 heavy (non-hydrogen) atoms. The van der Waals surface area contributed by atoms with Gasteiger partial charge in [0.25, 0.3) is 0 Å². The lowest BCUT2D eigenvalue weighted by molar-refractivity contribution is -0.144. The Balaban J connectivity index is 5.54. The van der Waals surface area contributed by atoms with Gasteiger partial charge in [-0.3, -0.25) is 19.2 Å². The molecule has 0 aromatic rings. The molecule has 0 aromatic heterocycles. The van der Waals surface area contributed by atoms with Crippen LogP contribution in [0.2, 0.25) is 0 Å². The fourth-order valence-corrected chi connectivity index (χ4v) is 3.17. The van der Waals surface area contributed by atoms with Crippen LogP contribution in [-0.4, -0.2) is 70.9 Å². The third kappa shape index (κ3) is 10.3. The summed E-state index contributed by atoms with van der Waals surface area (Å²) in [5.74, 6) is -4.01. The maximum absolute atomic E-state index is 13.0. The van der Waals surface area contributed by atoms with Crippen molar-refractivity contribution in [3.05, 3.63) is 0 Å². The van der Waals surface area contributed by atoms with Crippen LogP contribution in [0.4, 0.5) is 0 Å². The van der Waals surface area contributed by atoms with E-state index < -0.39 is 60.2 Å². The monoisotopic (exact) mass is 475 g/mol. The van der Waals surface area contributed by atoms with E-state index in [1.54, 1.807) is 20.8 Å². The van der Waals surface area contributed by atoms with Crippen molar-refractivity contribution in [3.63, 3.8) is 0 Å². The Morgan fingerprint density at radius 1 is 0.938 bits per heavy atom. The maximum Gasteiger partial charge on any atom is 0.326 e. The average molecular weight is 476 g/mol. The predicted octanol–water partition coefficient (Wildman–Crippen LogP) is -0.817. The summed E-state index contributed by atoms with van der Waals surface area (Å²) in [6.45, 7) is 7.10. The van der Waals surface area contributed by atoms with E-state index in [0.29, 0.717) is 18.6 Å². The molecule has 5 atom stereocenters. The second-order valence-electron chi connectivity index (χ2n) is 8.05. The lowest BCUT2D eigenvalue weighted by atomic mass is 9.97. The number of rotatable bonds is 15. The summed E-state index contributed by atoms with van der Waals surface area (Å²) in [7, 11) is 0. The van der Waals surface area contributed by atoms with Gasteiger partial charge in [0.15, 0.2) is 0 Å². The summed E-state index contributed by atoms with van der Waals surface area (Å²) in [6, 6.07) is -4.30. The number of nitrogens with two attached hydrogens (primary N) is 2. The van der Waals surface area contributed by atoms with E-state index in [-0.39, 0.29) is 11.8 Å². The van der Waals surface area contributed by atoms with Crippen molar-refractivity contribution in [1.82, 2.24) is 16.0 Å². The van der Waals surface area contributed by atoms with Crippen LogP contribution in [0, 0.1) is 11.8 Å². The predicted molar refractivity (Wildman–Crippen MR) is 123 cm³/mol. The Bertz CT molecular complexity index is 675. The molecule has 0 heterocycles. The second kappa shape index (κ2) is 14.7. The summed E-state index contributed by atoms with van der Waals surface area (Å²) >= 11 is 1.49. The number of hydrogen-bond donors (Lipinski definition) is 6. The molecule has 12 heteroatoms. The Kier molecular flexibility index (Phi) is 13.6. The first kappa shape index (κ1) is 29.7. The molecule has 0 spiro atoms. The van der Waals surface area contributed by atoms with Crippen LogP contribution < -0.4 is 27.4 Å². The molecule has 0 aromatic carbocycles. The van der Waals surface area contributed by atoms with E-state index in [4.69, 9.17) is 11.5 Å². The lowest BCUT2D eigenvalue weighted by Crippen LogP contribution is -2.59.